The minimum absolute atomic E-state index is 0. The Morgan fingerprint density at radius 3 is 2.63 bits per heavy atom. The van der Waals surface area contributed by atoms with Crippen LogP contribution >= 0.6 is 24.0 Å². The lowest BCUT2D eigenvalue weighted by Gasteiger charge is -2.13. The molecular weight excluding hydrogens is 495 g/mol. The number of nitrogens with one attached hydrogen (secondary N) is 3. The highest BCUT2D eigenvalue weighted by Gasteiger charge is 2.03. The van der Waals surface area contributed by atoms with E-state index in [1.165, 1.54) is 6.92 Å². The number of hydrogen-bond donors (Lipinski definition) is 3. The molecule has 0 saturated carbocycles. The zero-order valence-corrected chi connectivity index (χ0v) is 20.1. The summed E-state index contributed by atoms with van der Waals surface area (Å²) >= 11 is 0. The Kier molecular flexibility index (Phi) is 12.3. The van der Waals surface area contributed by atoms with Gasteiger partial charge < -0.3 is 25.4 Å². The van der Waals surface area contributed by atoms with Gasteiger partial charge in [0.25, 0.3) is 0 Å². The average Bonchev–Trinajstić information content (AvgIpc) is 2.71. The molecule has 0 aromatic heterocycles. The number of ether oxygens (including phenoxy) is 2. The minimum atomic E-state index is -0.108. The van der Waals surface area contributed by atoms with Crippen LogP contribution in [-0.4, -0.2) is 45.2 Å². The molecule has 1 amide bonds. The van der Waals surface area contributed by atoms with E-state index in [0.717, 1.165) is 30.2 Å². The van der Waals surface area contributed by atoms with E-state index in [1.807, 2.05) is 43.3 Å². The number of amides is 1. The van der Waals surface area contributed by atoms with E-state index in [2.05, 4.69) is 27.0 Å². The summed E-state index contributed by atoms with van der Waals surface area (Å²) in [6.45, 7) is 6.01. The summed E-state index contributed by atoms with van der Waals surface area (Å²) in [7, 11) is 1.68. The standard InChI is InChI=1S/C22H30N4O3.HI/c1-4-23-22(24-13-12-18-8-5-6-11-21(18)28-3)25-14-15-29-20-10-7-9-19(16-20)26-17(2)27;/h5-11,16H,4,12-15H2,1-3H3,(H,26,27)(H2,23,24,25);1H. The van der Waals surface area contributed by atoms with E-state index in [0.29, 0.717) is 31.1 Å². The van der Waals surface area contributed by atoms with Crippen molar-refractivity contribution in [2.45, 2.75) is 20.3 Å². The molecule has 2 aromatic rings. The number of carbonyl (C=O) groups is 1. The number of methoxy groups -OCH3 is 1. The zero-order chi connectivity index (χ0) is 20.9. The molecule has 30 heavy (non-hydrogen) atoms. The molecule has 164 valence electrons. The second-order valence-electron chi connectivity index (χ2n) is 6.31. The van der Waals surface area contributed by atoms with Gasteiger partial charge in [-0.3, -0.25) is 9.79 Å². The molecule has 0 fully saturated rings. The predicted molar refractivity (Wildman–Crippen MR) is 132 cm³/mol. The fourth-order valence-corrected chi connectivity index (χ4v) is 2.74. The van der Waals surface area contributed by atoms with Crippen LogP contribution in [0.4, 0.5) is 5.69 Å². The maximum Gasteiger partial charge on any atom is 0.221 e. The largest absolute Gasteiger partial charge is 0.496 e. The molecule has 7 nitrogen and oxygen atoms in total. The molecule has 0 aliphatic carbocycles. The molecule has 0 atom stereocenters. The molecule has 0 spiro atoms. The van der Waals surface area contributed by atoms with Crippen molar-refractivity contribution in [3.63, 3.8) is 0 Å². The maximum absolute atomic E-state index is 11.1. The lowest BCUT2D eigenvalue weighted by Crippen LogP contribution is -2.39. The molecule has 2 rings (SSSR count). The number of anilines is 1. The number of guanidine groups is 1. The number of nitrogens with zero attached hydrogens (tertiary/aromatic N) is 1. The van der Waals surface area contributed by atoms with Crippen molar-refractivity contribution >= 4 is 41.5 Å². The summed E-state index contributed by atoms with van der Waals surface area (Å²) in [5.41, 5.74) is 1.85. The Morgan fingerprint density at radius 1 is 1.10 bits per heavy atom. The Morgan fingerprint density at radius 2 is 1.90 bits per heavy atom. The van der Waals surface area contributed by atoms with E-state index < -0.39 is 0 Å². The van der Waals surface area contributed by atoms with Crippen LogP contribution in [0.3, 0.4) is 0 Å². The van der Waals surface area contributed by atoms with Crippen molar-refractivity contribution in [2.75, 3.05) is 38.7 Å². The molecule has 0 unspecified atom stereocenters. The van der Waals surface area contributed by atoms with Gasteiger partial charge in [-0.2, -0.15) is 0 Å². The summed E-state index contributed by atoms with van der Waals surface area (Å²) in [5, 5.41) is 9.24. The van der Waals surface area contributed by atoms with E-state index in [-0.39, 0.29) is 29.9 Å². The second-order valence-corrected chi connectivity index (χ2v) is 6.31. The second kappa shape index (κ2) is 14.5. The molecule has 3 N–H and O–H groups in total. The van der Waals surface area contributed by atoms with Gasteiger partial charge in [-0.15, -0.1) is 24.0 Å². The van der Waals surface area contributed by atoms with Crippen molar-refractivity contribution < 1.29 is 14.3 Å². The smallest absolute Gasteiger partial charge is 0.221 e. The van der Waals surface area contributed by atoms with Gasteiger partial charge in [-0.1, -0.05) is 24.3 Å². The first-order chi connectivity index (χ1) is 14.1. The third kappa shape index (κ3) is 9.34. The van der Waals surface area contributed by atoms with Crippen LogP contribution in [0, 0.1) is 0 Å². The SMILES string of the molecule is CCNC(=NCCc1ccccc1OC)NCCOc1cccc(NC(C)=O)c1.I. The van der Waals surface area contributed by atoms with Gasteiger partial charge in [-0.05, 0) is 37.1 Å². The molecule has 0 aliphatic rings. The monoisotopic (exact) mass is 526 g/mol. The van der Waals surface area contributed by atoms with Crippen molar-refractivity contribution in [3.8, 4) is 11.5 Å². The van der Waals surface area contributed by atoms with Gasteiger partial charge >= 0.3 is 0 Å². The van der Waals surface area contributed by atoms with Crippen LogP contribution in [-0.2, 0) is 11.2 Å². The molecule has 0 heterocycles. The quantitative estimate of drug-likeness (QED) is 0.191. The third-order valence-electron chi connectivity index (χ3n) is 4.01. The van der Waals surface area contributed by atoms with Gasteiger partial charge in [0.05, 0.1) is 13.7 Å². The molecule has 8 heteroatoms. The van der Waals surface area contributed by atoms with E-state index in [4.69, 9.17) is 9.47 Å². The van der Waals surface area contributed by atoms with Gasteiger partial charge in [-0.25, -0.2) is 0 Å². The fourth-order valence-electron chi connectivity index (χ4n) is 2.74. The first kappa shape index (κ1) is 25.5. The summed E-state index contributed by atoms with van der Waals surface area (Å²) < 4.78 is 11.1. The molecule has 0 bridgehead atoms. The molecule has 0 saturated heterocycles. The fraction of sp³-hybridized carbons (Fsp3) is 0.364. The van der Waals surface area contributed by atoms with Crippen molar-refractivity contribution in [2.24, 2.45) is 4.99 Å². The van der Waals surface area contributed by atoms with Crippen LogP contribution < -0.4 is 25.4 Å². The van der Waals surface area contributed by atoms with Crippen LogP contribution in [0.5, 0.6) is 11.5 Å². The number of benzene rings is 2. The van der Waals surface area contributed by atoms with Crippen molar-refractivity contribution in [1.29, 1.82) is 0 Å². The Labute approximate surface area is 195 Å². The first-order valence-electron chi connectivity index (χ1n) is 9.77. The minimum Gasteiger partial charge on any atom is -0.496 e. The first-order valence-corrected chi connectivity index (χ1v) is 9.77. The lowest BCUT2D eigenvalue weighted by atomic mass is 10.1. The van der Waals surface area contributed by atoms with Crippen LogP contribution in [0.25, 0.3) is 0 Å². The van der Waals surface area contributed by atoms with Gasteiger partial charge in [0.2, 0.25) is 5.91 Å². The van der Waals surface area contributed by atoms with Gasteiger partial charge in [0, 0.05) is 31.8 Å². The number of carbonyl (C=O) groups excluding carboxylic acids is 1. The Bertz CT molecular complexity index is 814. The topological polar surface area (TPSA) is 84.0 Å². The lowest BCUT2D eigenvalue weighted by molar-refractivity contribution is -0.114. The highest BCUT2D eigenvalue weighted by Crippen LogP contribution is 2.18. The maximum atomic E-state index is 11.1. The summed E-state index contributed by atoms with van der Waals surface area (Å²) in [6, 6.07) is 15.3. The van der Waals surface area contributed by atoms with E-state index >= 15 is 0 Å². The van der Waals surface area contributed by atoms with Crippen molar-refractivity contribution in [1.82, 2.24) is 10.6 Å². The van der Waals surface area contributed by atoms with Crippen LogP contribution in [0.15, 0.2) is 53.5 Å². The number of aliphatic imine (C=N–C) groups is 1. The van der Waals surface area contributed by atoms with Crippen LogP contribution in [0.2, 0.25) is 0 Å². The predicted octanol–water partition coefficient (Wildman–Crippen LogP) is 3.45. The summed E-state index contributed by atoms with van der Waals surface area (Å²) in [5.74, 6) is 2.23. The van der Waals surface area contributed by atoms with Crippen molar-refractivity contribution in [3.05, 3.63) is 54.1 Å². The highest BCUT2D eigenvalue weighted by atomic mass is 127. The number of rotatable bonds is 10. The Hall–Kier alpha value is -2.49. The van der Waals surface area contributed by atoms with E-state index in [1.54, 1.807) is 13.2 Å². The highest BCUT2D eigenvalue weighted by molar-refractivity contribution is 14.0. The zero-order valence-electron chi connectivity index (χ0n) is 17.7. The summed E-state index contributed by atoms with van der Waals surface area (Å²) in [6.07, 6.45) is 0.799. The normalized spacial score (nSPS) is 10.6. The molecule has 0 radical (unpaired) electrons. The van der Waals surface area contributed by atoms with E-state index in [9.17, 15) is 4.79 Å². The molecule has 2 aromatic carbocycles. The average molecular weight is 526 g/mol. The third-order valence-corrected chi connectivity index (χ3v) is 4.01. The number of para-hydroxylation sites is 1. The van der Waals surface area contributed by atoms with Gasteiger partial charge in [0.15, 0.2) is 5.96 Å². The van der Waals surface area contributed by atoms with Gasteiger partial charge in [0.1, 0.15) is 18.1 Å². The number of halogens is 1. The molecule has 0 aliphatic heterocycles. The molecular formula is C22H31IN4O3. The number of hydrogen-bond acceptors (Lipinski definition) is 4. The summed E-state index contributed by atoms with van der Waals surface area (Å²) in [4.78, 5) is 15.8. The Balaban J connectivity index is 0.00000450. The van der Waals surface area contributed by atoms with Crippen LogP contribution in [0.1, 0.15) is 19.4 Å².